The zero-order chi connectivity index (χ0) is 12.9. The SMILES string of the molecule is COCC(C)NC(=O)CC1(C(=O)O)CCCC1. The number of ether oxygens (including phenoxy) is 1. The molecule has 0 aromatic heterocycles. The van der Waals surface area contributed by atoms with Crippen LogP contribution in [0.5, 0.6) is 0 Å². The fraction of sp³-hybridized carbons (Fsp3) is 0.833. The number of carbonyl (C=O) groups is 2. The van der Waals surface area contributed by atoms with Gasteiger partial charge in [0.05, 0.1) is 12.0 Å². The maximum atomic E-state index is 11.8. The molecule has 0 bridgehead atoms. The standard InChI is InChI=1S/C12H21NO4/c1-9(8-17-2)13-10(14)7-12(11(15)16)5-3-4-6-12/h9H,3-8H2,1-2H3,(H,13,14)(H,15,16). The van der Waals surface area contributed by atoms with Gasteiger partial charge in [-0.15, -0.1) is 0 Å². The molecule has 1 saturated carbocycles. The van der Waals surface area contributed by atoms with Crippen molar-refractivity contribution in [3.8, 4) is 0 Å². The molecule has 0 heterocycles. The van der Waals surface area contributed by atoms with E-state index in [4.69, 9.17) is 4.74 Å². The normalized spacial score (nSPS) is 19.9. The van der Waals surface area contributed by atoms with Crippen LogP contribution in [-0.2, 0) is 14.3 Å². The van der Waals surface area contributed by atoms with Crippen LogP contribution in [0.3, 0.4) is 0 Å². The summed E-state index contributed by atoms with van der Waals surface area (Å²) in [4.78, 5) is 23.0. The predicted octanol–water partition coefficient (Wildman–Crippen LogP) is 1.17. The molecule has 1 unspecified atom stereocenters. The van der Waals surface area contributed by atoms with Crippen molar-refractivity contribution in [3.05, 3.63) is 0 Å². The second-order valence-electron chi connectivity index (χ2n) is 4.89. The molecular formula is C12H21NO4. The smallest absolute Gasteiger partial charge is 0.310 e. The summed E-state index contributed by atoms with van der Waals surface area (Å²) in [5, 5.41) is 12.0. The molecule has 0 spiro atoms. The number of carbonyl (C=O) groups excluding carboxylic acids is 1. The molecule has 0 aromatic carbocycles. The molecular weight excluding hydrogens is 222 g/mol. The van der Waals surface area contributed by atoms with Gasteiger partial charge in [0.2, 0.25) is 5.91 Å². The first-order chi connectivity index (χ1) is 8.00. The average molecular weight is 243 g/mol. The Balaban J connectivity index is 2.51. The van der Waals surface area contributed by atoms with Gasteiger partial charge < -0.3 is 15.2 Å². The van der Waals surface area contributed by atoms with Crippen LogP contribution in [-0.4, -0.2) is 36.7 Å². The topological polar surface area (TPSA) is 75.6 Å². The second kappa shape index (κ2) is 6.00. The molecule has 1 aliphatic carbocycles. The third-order valence-electron chi connectivity index (χ3n) is 3.34. The van der Waals surface area contributed by atoms with Crippen LogP contribution in [0.4, 0.5) is 0 Å². The first-order valence-corrected chi connectivity index (χ1v) is 6.02. The number of methoxy groups -OCH3 is 1. The third kappa shape index (κ3) is 3.70. The Hall–Kier alpha value is -1.10. The first kappa shape index (κ1) is 14.0. The molecule has 5 nitrogen and oxygen atoms in total. The van der Waals surface area contributed by atoms with Crippen LogP contribution in [0.15, 0.2) is 0 Å². The van der Waals surface area contributed by atoms with Gasteiger partial charge in [0.1, 0.15) is 0 Å². The molecule has 0 radical (unpaired) electrons. The lowest BCUT2D eigenvalue weighted by Crippen LogP contribution is -2.40. The van der Waals surface area contributed by atoms with Gasteiger partial charge in [0, 0.05) is 19.6 Å². The summed E-state index contributed by atoms with van der Waals surface area (Å²) in [5.74, 6) is -1.04. The summed E-state index contributed by atoms with van der Waals surface area (Å²) in [6.45, 7) is 2.27. The number of amides is 1. The Labute approximate surface area is 102 Å². The highest BCUT2D eigenvalue weighted by Crippen LogP contribution is 2.41. The van der Waals surface area contributed by atoms with Crippen molar-refractivity contribution in [3.63, 3.8) is 0 Å². The van der Waals surface area contributed by atoms with Gasteiger partial charge in [0.15, 0.2) is 0 Å². The van der Waals surface area contributed by atoms with Crippen LogP contribution < -0.4 is 5.32 Å². The highest BCUT2D eigenvalue weighted by molar-refractivity contribution is 5.85. The van der Waals surface area contributed by atoms with Crippen molar-refractivity contribution >= 4 is 11.9 Å². The monoisotopic (exact) mass is 243 g/mol. The number of rotatable bonds is 6. The average Bonchev–Trinajstić information content (AvgIpc) is 2.67. The summed E-state index contributed by atoms with van der Waals surface area (Å²) in [5.41, 5.74) is -0.836. The molecule has 1 fully saturated rings. The Morgan fingerprint density at radius 2 is 2.00 bits per heavy atom. The van der Waals surface area contributed by atoms with Crippen LogP contribution in [0.1, 0.15) is 39.0 Å². The molecule has 0 aromatic rings. The van der Waals surface area contributed by atoms with Crippen LogP contribution in [0, 0.1) is 5.41 Å². The Morgan fingerprint density at radius 1 is 1.41 bits per heavy atom. The lowest BCUT2D eigenvalue weighted by molar-refractivity contribution is -0.151. The molecule has 17 heavy (non-hydrogen) atoms. The lowest BCUT2D eigenvalue weighted by Gasteiger charge is -2.24. The van der Waals surface area contributed by atoms with E-state index in [0.717, 1.165) is 12.8 Å². The van der Waals surface area contributed by atoms with E-state index < -0.39 is 11.4 Å². The van der Waals surface area contributed by atoms with Crippen LogP contribution in [0.2, 0.25) is 0 Å². The highest BCUT2D eigenvalue weighted by Gasteiger charge is 2.43. The molecule has 1 amide bonds. The van der Waals surface area contributed by atoms with Gasteiger partial charge in [-0.05, 0) is 19.8 Å². The summed E-state index contributed by atoms with van der Waals surface area (Å²) in [7, 11) is 1.57. The van der Waals surface area contributed by atoms with E-state index in [9.17, 15) is 14.7 Å². The number of aliphatic carboxylic acids is 1. The molecule has 0 aliphatic heterocycles. The van der Waals surface area contributed by atoms with Crippen molar-refractivity contribution in [2.45, 2.75) is 45.1 Å². The minimum atomic E-state index is -0.843. The Bertz CT molecular complexity index is 284. The molecule has 1 atom stereocenters. The van der Waals surface area contributed by atoms with Crippen LogP contribution in [0.25, 0.3) is 0 Å². The number of nitrogens with one attached hydrogen (secondary N) is 1. The lowest BCUT2D eigenvalue weighted by atomic mass is 9.82. The van der Waals surface area contributed by atoms with Crippen molar-refractivity contribution in [2.75, 3.05) is 13.7 Å². The van der Waals surface area contributed by atoms with E-state index in [2.05, 4.69) is 5.32 Å². The maximum absolute atomic E-state index is 11.8. The van der Waals surface area contributed by atoms with Gasteiger partial charge in [-0.25, -0.2) is 0 Å². The zero-order valence-corrected chi connectivity index (χ0v) is 10.5. The molecule has 1 aliphatic rings. The number of carboxylic acids is 1. The molecule has 1 rings (SSSR count). The van der Waals surface area contributed by atoms with Crippen LogP contribution >= 0.6 is 0 Å². The van der Waals surface area contributed by atoms with E-state index in [1.807, 2.05) is 6.92 Å². The van der Waals surface area contributed by atoms with E-state index in [-0.39, 0.29) is 18.4 Å². The van der Waals surface area contributed by atoms with E-state index in [1.165, 1.54) is 0 Å². The predicted molar refractivity (Wildman–Crippen MR) is 62.6 cm³/mol. The molecule has 5 heteroatoms. The number of hydrogen-bond donors (Lipinski definition) is 2. The maximum Gasteiger partial charge on any atom is 0.310 e. The van der Waals surface area contributed by atoms with Gasteiger partial charge in [-0.3, -0.25) is 9.59 Å². The van der Waals surface area contributed by atoms with Crippen molar-refractivity contribution in [1.82, 2.24) is 5.32 Å². The first-order valence-electron chi connectivity index (χ1n) is 6.02. The van der Waals surface area contributed by atoms with E-state index >= 15 is 0 Å². The Morgan fingerprint density at radius 3 is 2.47 bits per heavy atom. The van der Waals surface area contributed by atoms with Gasteiger partial charge >= 0.3 is 5.97 Å². The Kier molecular flexibility index (Phi) is 4.93. The summed E-state index contributed by atoms with van der Waals surface area (Å²) >= 11 is 0. The minimum absolute atomic E-state index is 0.0797. The third-order valence-corrected chi connectivity index (χ3v) is 3.34. The fourth-order valence-electron chi connectivity index (χ4n) is 2.44. The van der Waals surface area contributed by atoms with E-state index in [1.54, 1.807) is 7.11 Å². The van der Waals surface area contributed by atoms with Gasteiger partial charge in [-0.1, -0.05) is 12.8 Å². The quantitative estimate of drug-likeness (QED) is 0.734. The summed E-state index contributed by atoms with van der Waals surface area (Å²) in [6.07, 6.45) is 3.08. The minimum Gasteiger partial charge on any atom is -0.481 e. The van der Waals surface area contributed by atoms with Gasteiger partial charge in [-0.2, -0.15) is 0 Å². The van der Waals surface area contributed by atoms with E-state index in [0.29, 0.717) is 19.4 Å². The second-order valence-corrected chi connectivity index (χ2v) is 4.89. The fourth-order valence-corrected chi connectivity index (χ4v) is 2.44. The summed E-state index contributed by atoms with van der Waals surface area (Å²) < 4.78 is 4.92. The van der Waals surface area contributed by atoms with Crippen molar-refractivity contribution < 1.29 is 19.4 Å². The molecule has 0 saturated heterocycles. The van der Waals surface area contributed by atoms with Crippen molar-refractivity contribution in [2.24, 2.45) is 5.41 Å². The van der Waals surface area contributed by atoms with Gasteiger partial charge in [0.25, 0.3) is 0 Å². The molecule has 98 valence electrons. The zero-order valence-electron chi connectivity index (χ0n) is 10.5. The number of hydrogen-bond acceptors (Lipinski definition) is 3. The largest absolute Gasteiger partial charge is 0.481 e. The number of carboxylic acid groups (broad SMARTS) is 1. The molecule has 2 N–H and O–H groups in total. The summed E-state index contributed by atoms with van der Waals surface area (Å²) in [6, 6.07) is -0.0836. The van der Waals surface area contributed by atoms with Crippen molar-refractivity contribution in [1.29, 1.82) is 0 Å². The highest BCUT2D eigenvalue weighted by atomic mass is 16.5.